The molecule has 0 aromatic heterocycles. The quantitative estimate of drug-likeness (QED) is 0.0899. The van der Waals surface area contributed by atoms with Crippen LogP contribution in [0.2, 0.25) is 0 Å². The minimum atomic E-state index is -2.00. The Labute approximate surface area is 324 Å². The van der Waals surface area contributed by atoms with Gasteiger partial charge in [-0.3, -0.25) is 0 Å². The number of hydrogen-bond acceptors (Lipinski definition) is 17. The number of hydrogen-bond donors (Lipinski definition) is 14. The minimum Gasteiger partial charge on any atom is -0.508 e. The summed E-state index contributed by atoms with van der Waals surface area (Å²) >= 11 is 0. The Balaban J connectivity index is 1.54. The fourth-order valence-electron chi connectivity index (χ4n) is 7.23. The SMILES string of the molecule is OC[C@H]1[C@H](O)[C@@H](O)[C@H](O)O[C@@H]1c1c(O)cc(O)cc1[C@@H](O)[C@@H](c1ccc(O)cc1)c1c(O)cc(O[C@@H]2O[C@H](CO)[C@@H](O)[C@H](O)[C@H]2O)cc1C=Cc1ccc(O)cc1. The number of benzene rings is 4. The molecule has 17 nitrogen and oxygen atoms in total. The molecule has 0 amide bonds. The van der Waals surface area contributed by atoms with Crippen LogP contribution in [0.3, 0.4) is 0 Å². The van der Waals surface area contributed by atoms with Gasteiger partial charge in [-0.25, -0.2) is 0 Å². The van der Waals surface area contributed by atoms with Gasteiger partial charge in [-0.05, 0) is 58.7 Å². The van der Waals surface area contributed by atoms with E-state index >= 15 is 0 Å². The number of phenols is 5. The third-order valence-corrected chi connectivity index (χ3v) is 10.2. The van der Waals surface area contributed by atoms with Crippen LogP contribution >= 0.6 is 0 Å². The van der Waals surface area contributed by atoms with Crippen LogP contribution < -0.4 is 4.74 Å². The first kappa shape index (κ1) is 41.6. The van der Waals surface area contributed by atoms with Crippen LogP contribution in [-0.4, -0.2) is 134 Å². The molecular weight excluding hydrogens is 752 g/mol. The monoisotopic (exact) mass is 796 g/mol. The number of aliphatic hydroxyl groups excluding tert-OH is 9. The lowest BCUT2D eigenvalue weighted by Crippen LogP contribution is -2.60. The molecule has 0 radical (unpaired) electrons. The standard InChI is InChI=1S/C40H44O17/c41-15-25-33(49)36(52)39(54)57-38(25)31-24(12-22(45)13-26(31)46)32(48)30(18-5-9-21(44)10-6-18)29-19(4-1-17-2-7-20(43)8-3-17)11-23(14-27(29)47)55-40-37(53)35(51)34(50)28(16-42)56-40/h1-14,25,28,30,32-54H,15-16H2/t25-,28+,30-,32+,33-,34+,35-,36+,37+,38-,39+,40+/m0/s1. The van der Waals surface area contributed by atoms with Gasteiger partial charge in [0.05, 0.1) is 31.5 Å². The van der Waals surface area contributed by atoms with Crippen LogP contribution in [0.25, 0.3) is 12.2 Å². The number of aromatic hydroxyl groups is 5. The largest absolute Gasteiger partial charge is 0.508 e. The maximum atomic E-state index is 12.5. The minimum absolute atomic E-state index is 0.0129. The van der Waals surface area contributed by atoms with Crippen molar-refractivity contribution in [3.63, 3.8) is 0 Å². The first-order valence-electron chi connectivity index (χ1n) is 17.8. The summed E-state index contributed by atoms with van der Waals surface area (Å²) in [5, 5.41) is 149. The predicted octanol–water partition coefficient (Wildman–Crippen LogP) is 0.149. The van der Waals surface area contributed by atoms with E-state index in [1.165, 1.54) is 48.5 Å². The number of phenolic OH excluding ortho intramolecular Hbond substituents is 5. The Hall–Kier alpha value is -5.02. The smallest absolute Gasteiger partial charge is 0.229 e. The molecule has 0 aliphatic carbocycles. The molecular formula is C40H44O17. The van der Waals surface area contributed by atoms with E-state index in [1.807, 2.05) is 0 Å². The number of rotatable bonds is 11. The molecule has 4 aromatic rings. The number of aliphatic hydroxyl groups is 9. The molecule has 17 heteroatoms. The van der Waals surface area contributed by atoms with Crippen molar-refractivity contribution in [3.05, 3.63) is 106 Å². The average Bonchev–Trinajstić information content (AvgIpc) is 3.18. The van der Waals surface area contributed by atoms with Crippen LogP contribution in [-0.2, 0) is 9.47 Å². The summed E-state index contributed by atoms with van der Waals surface area (Å²) in [6.07, 6.45) is -14.2. The van der Waals surface area contributed by atoms with Crippen molar-refractivity contribution in [1.29, 1.82) is 0 Å². The highest BCUT2D eigenvalue weighted by Crippen LogP contribution is 2.50. The molecule has 0 bridgehead atoms. The molecule has 12 atom stereocenters. The predicted molar refractivity (Wildman–Crippen MR) is 197 cm³/mol. The van der Waals surface area contributed by atoms with Crippen LogP contribution in [0, 0.1) is 5.92 Å². The van der Waals surface area contributed by atoms with E-state index in [0.717, 1.165) is 18.2 Å². The van der Waals surface area contributed by atoms with Crippen molar-refractivity contribution < 1.29 is 85.7 Å². The lowest BCUT2D eigenvalue weighted by Gasteiger charge is -2.41. The molecule has 0 saturated carbocycles. The van der Waals surface area contributed by atoms with Gasteiger partial charge in [0.15, 0.2) is 6.29 Å². The van der Waals surface area contributed by atoms with Crippen LogP contribution in [0.1, 0.15) is 51.5 Å². The summed E-state index contributed by atoms with van der Waals surface area (Å²) in [5.41, 5.74) is 0.337. The first-order valence-corrected chi connectivity index (χ1v) is 17.8. The number of ether oxygens (including phenoxy) is 3. The van der Waals surface area contributed by atoms with Gasteiger partial charge in [0.2, 0.25) is 6.29 Å². The fourth-order valence-corrected chi connectivity index (χ4v) is 7.23. The Kier molecular flexibility index (Phi) is 12.6. The molecule has 2 aliphatic rings. The summed E-state index contributed by atoms with van der Waals surface area (Å²) in [5.74, 6) is -4.88. The highest BCUT2D eigenvalue weighted by molar-refractivity contribution is 5.75. The van der Waals surface area contributed by atoms with Crippen molar-refractivity contribution in [2.24, 2.45) is 5.92 Å². The Morgan fingerprint density at radius 1 is 0.632 bits per heavy atom. The maximum Gasteiger partial charge on any atom is 0.229 e. The van der Waals surface area contributed by atoms with Gasteiger partial charge in [0.25, 0.3) is 0 Å². The average molecular weight is 797 g/mol. The molecule has 2 aliphatic heterocycles. The van der Waals surface area contributed by atoms with Crippen LogP contribution in [0.4, 0.5) is 0 Å². The Bertz CT molecular complexity index is 2020. The van der Waals surface area contributed by atoms with Gasteiger partial charge in [-0.1, -0.05) is 36.4 Å². The van der Waals surface area contributed by atoms with E-state index in [-0.39, 0.29) is 45.1 Å². The van der Waals surface area contributed by atoms with Crippen molar-refractivity contribution in [1.82, 2.24) is 0 Å². The Morgan fingerprint density at radius 2 is 1.28 bits per heavy atom. The molecule has 0 unspecified atom stereocenters. The van der Waals surface area contributed by atoms with E-state index in [0.29, 0.717) is 5.56 Å². The highest BCUT2D eigenvalue weighted by atomic mass is 16.7. The van der Waals surface area contributed by atoms with Gasteiger partial charge in [-0.15, -0.1) is 0 Å². The molecule has 306 valence electrons. The molecule has 4 aromatic carbocycles. The Morgan fingerprint density at radius 3 is 1.91 bits per heavy atom. The van der Waals surface area contributed by atoms with Gasteiger partial charge in [0.1, 0.15) is 65.0 Å². The zero-order valence-electron chi connectivity index (χ0n) is 29.9. The lowest BCUT2D eigenvalue weighted by atomic mass is 9.77. The van der Waals surface area contributed by atoms with Gasteiger partial charge in [0, 0.05) is 35.1 Å². The first-order chi connectivity index (χ1) is 27.1. The topological polar surface area (TPSA) is 311 Å². The van der Waals surface area contributed by atoms with E-state index in [2.05, 4.69) is 0 Å². The lowest BCUT2D eigenvalue weighted by molar-refractivity contribution is -0.277. The van der Waals surface area contributed by atoms with Gasteiger partial charge < -0.3 is 85.7 Å². The van der Waals surface area contributed by atoms with Crippen LogP contribution in [0.5, 0.6) is 34.5 Å². The normalized spacial score (nSPS) is 28.9. The zero-order valence-corrected chi connectivity index (χ0v) is 29.9. The summed E-state index contributed by atoms with van der Waals surface area (Å²) in [7, 11) is 0. The molecule has 2 fully saturated rings. The van der Waals surface area contributed by atoms with Crippen molar-refractivity contribution in [2.45, 2.75) is 67.3 Å². The summed E-state index contributed by atoms with van der Waals surface area (Å²) in [6.45, 7) is -1.56. The summed E-state index contributed by atoms with van der Waals surface area (Å²) in [6, 6.07) is 15.9. The maximum absolute atomic E-state index is 12.5. The molecule has 2 saturated heterocycles. The van der Waals surface area contributed by atoms with Crippen molar-refractivity contribution in [3.8, 4) is 34.5 Å². The van der Waals surface area contributed by atoms with Gasteiger partial charge in [-0.2, -0.15) is 0 Å². The van der Waals surface area contributed by atoms with Crippen LogP contribution in [0.15, 0.2) is 72.8 Å². The third-order valence-electron chi connectivity index (χ3n) is 10.2. The second-order valence-corrected chi connectivity index (χ2v) is 13.9. The molecule has 57 heavy (non-hydrogen) atoms. The summed E-state index contributed by atoms with van der Waals surface area (Å²) < 4.78 is 16.9. The fraction of sp³-hybridized carbons (Fsp3) is 0.350. The molecule has 2 heterocycles. The highest BCUT2D eigenvalue weighted by Gasteiger charge is 2.47. The second-order valence-electron chi connectivity index (χ2n) is 13.9. The van der Waals surface area contributed by atoms with E-state index in [1.54, 1.807) is 18.2 Å². The second kappa shape index (κ2) is 17.2. The molecule has 0 spiro atoms. The van der Waals surface area contributed by atoms with Crippen molar-refractivity contribution in [2.75, 3.05) is 13.2 Å². The van der Waals surface area contributed by atoms with E-state index in [9.17, 15) is 71.5 Å². The molecule has 14 N–H and O–H groups in total. The van der Waals surface area contributed by atoms with Crippen molar-refractivity contribution >= 4 is 12.2 Å². The van der Waals surface area contributed by atoms with E-state index in [4.69, 9.17) is 14.2 Å². The summed E-state index contributed by atoms with van der Waals surface area (Å²) in [4.78, 5) is 0. The van der Waals surface area contributed by atoms with E-state index < -0.39 is 104 Å². The third kappa shape index (κ3) is 8.50. The van der Waals surface area contributed by atoms with Gasteiger partial charge >= 0.3 is 0 Å². The zero-order chi connectivity index (χ0) is 41.3. The molecule has 6 rings (SSSR count).